The summed E-state index contributed by atoms with van der Waals surface area (Å²) in [5, 5.41) is 11.6. The lowest BCUT2D eigenvalue weighted by Gasteiger charge is -2.19. The molecule has 1 heterocycles. The van der Waals surface area contributed by atoms with E-state index >= 15 is 0 Å². The molecule has 0 N–H and O–H groups in total. The van der Waals surface area contributed by atoms with Gasteiger partial charge in [0, 0.05) is 24.5 Å². The molecule has 0 bridgehead atoms. The van der Waals surface area contributed by atoms with Crippen LogP contribution in [-0.2, 0) is 4.79 Å². The number of carbonyl (C=O) groups excluding carboxylic acids is 1. The van der Waals surface area contributed by atoms with E-state index in [1.54, 1.807) is 12.0 Å². The van der Waals surface area contributed by atoms with Crippen LogP contribution in [0.2, 0.25) is 0 Å². The van der Waals surface area contributed by atoms with E-state index in [0.29, 0.717) is 5.75 Å². The number of non-ortho nitro benzene ring substituents is 1. The maximum absolute atomic E-state index is 10.6. The number of nitro benzene ring substituents is 1. The number of hydroxylamine groups is 2. The first-order valence-corrected chi connectivity index (χ1v) is 4.88. The van der Waals surface area contributed by atoms with Crippen LogP contribution in [0.25, 0.3) is 0 Å². The normalized spacial score (nSPS) is 13.3. The average molecular weight is 245 g/mol. The minimum absolute atomic E-state index is 0.0316. The van der Waals surface area contributed by atoms with Crippen LogP contribution >= 0.6 is 0 Å². The lowest BCUT2D eigenvalue weighted by molar-refractivity contribution is -0.384. The van der Waals surface area contributed by atoms with Crippen molar-refractivity contribution in [2.75, 3.05) is 0 Å². The smallest absolute Gasteiger partial charge is 0.269 e. The van der Waals surface area contributed by atoms with Gasteiger partial charge in [0.25, 0.3) is 11.5 Å². The van der Waals surface area contributed by atoms with Crippen LogP contribution in [0.15, 0.2) is 47.4 Å². The van der Waals surface area contributed by atoms with E-state index < -0.39 is 4.92 Å². The molecule has 1 aliphatic heterocycles. The van der Waals surface area contributed by atoms with Crippen molar-refractivity contribution < 1.29 is 14.6 Å². The number of benzene rings is 1. The second-order valence-electron chi connectivity index (χ2n) is 3.21. The molecule has 0 radical (unpaired) electrons. The second kappa shape index (κ2) is 4.94. The molecule has 18 heavy (non-hydrogen) atoms. The van der Waals surface area contributed by atoms with Crippen molar-refractivity contribution in [1.82, 2.24) is 5.06 Å². The summed E-state index contributed by atoms with van der Waals surface area (Å²) < 4.78 is 0. The van der Waals surface area contributed by atoms with Gasteiger partial charge < -0.3 is 4.84 Å². The van der Waals surface area contributed by atoms with Gasteiger partial charge in [0.2, 0.25) is 0 Å². The standard InChI is InChI=1S/C11H7N3O4/c15-8-11-12-6-1-7-13(11)18-10-4-2-9(3-5-10)14(16)17/h1-7H. The van der Waals surface area contributed by atoms with Crippen molar-refractivity contribution >= 4 is 17.8 Å². The number of nitrogens with zero attached hydrogens (tertiary/aromatic N) is 3. The molecule has 1 aromatic carbocycles. The average Bonchev–Trinajstić information content (AvgIpc) is 2.40. The Bertz CT molecular complexity index is 570. The fraction of sp³-hybridized carbons (Fsp3) is 0. The van der Waals surface area contributed by atoms with Gasteiger partial charge in [-0.1, -0.05) is 0 Å². The summed E-state index contributed by atoms with van der Waals surface area (Å²) in [4.78, 5) is 29.6. The van der Waals surface area contributed by atoms with E-state index in [2.05, 4.69) is 4.99 Å². The number of allylic oxidation sites excluding steroid dienone is 1. The van der Waals surface area contributed by atoms with Gasteiger partial charge in [-0.2, -0.15) is 5.06 Å². The molecule has 7 nitrogen and oxygen atoms in total. The zero-order valence-corrected chi connectivity index (χ0v) is 9.02. The van der Waals surface area contributed by atoms with Crippen molar-refractivity contribution in [3.05, 3.63) is 52.5 Å². The van der Waals surface area contributed by atoms with E-state index in [1.165, 1.54) is 36.7 Å². The predicted molar refractivity (Wildman–Crippen MR) is 62.4 cm³/mol. The Morgan fingerprint density at radius 1 is 1.33 bits per heavy atom. The molecular formula is C11H7N3O4. The van der Waals surface area contributed by atoms with Gasteiger partial charge in [0.1, 0.15) is 0 Å². The molecule has 0 aromatic heterocycles. The summed E-state index contributed by atoms with van der Waals surface area (Å²) >= 11 is 0. The molecule has 0 fully saturated rings. The number of nitro groups is 1. The van der Waals surface area contributed by atoms with Gasteiger partial charge in [0.15, 0.2) is 11.7 Å². The van der Waals surface area contributed by atoms with Crippen molar-refractivity contribution in [1.29, 1.82) is 0 Å². The number of aliphatic imine (C=N–C) groups is 1. The van der Waals surface area contributed by atoms with Crippen LogP contribution in [0.4, 0.5) is 5.69 Å². The van der Waals surface area contributed by atoms with Crippen LogP contribution in [0.3, 0.4) is 0 Å². The Labute approximate surface area is 101 Å². The van der Waals surface area contributed by atoms with Gasteiger partial charge in [-0.15, -0.1) is 0 Å². The molecule has 7 heteroatoms. The van der Waals surface area contributed by atoms with Crippen molar-refractivity contribution in [3.63, 3.8) is 0 Å². The van der Waals surface area contributed by atoms with Gasteiger partial charge >= 0.3 is 0 Å². The lowest BCUT2D eigenvalue weighted by atomic mass is 10.3. The molecule has 0 saturated carbocycles. The van der Waals surface area contributed by atoms with Crippen LogP contribution in [0, 0.1) is 10.1 Å². The third-order valence-electron chi connectivity index (χ3n) is 2.06. The van der Waals surface area contributed by atoms with Crippen LogP contribution in [0.5, 0.6) is 5.75 Å². The first-order valence-electron chi connectivity index (χ1n) is 4.88. The van der Waals surface area contributed by atoms with Crippen LogP contribution < -0.4 is 4.84 Å². The number of hydrogen-bond acceptors (Lipinski definition) is 6. The van der Waals surface area contributed by atoms with E-state index in [0.717, 1.165) is 5.06 Å². The fourth-order valence-electron chi connectivity index (χ4n) is 1.25. The van der Waals surface area contributed by atoms with Gasteiger partial charge in [-0.3, -0.25) is 10.1 Å². The van der Waals surface area contributed by atoms with E-state index in [9.17, 15) is 14.9 Å². The highest BCUT2D eigenvalue weighted by Crippen LogP contribution is 2.20. The summed E-state index contributed by atoms with van der Waals surface area (Å²) in [7, 11) is 0. The molecule has 0 spiro atoms. The van der Waals surface area contributed by atoms with Crippen molar-refractivity contribution in [2.45, 2.75) is 0 Å². The van der Waals surface area contributed by atoms with E-state index in [4.69, 9.17) is 4.84 Å². The first kappa shape index (κ1) is 11.6. The highest BCUT2D eigenvalue weighted by Gasteiger charge is 2.12. The minimum Gasteiger partial charge on any atom is -0.373 e. The molecule has 1 aromatic rings. The fourth-order valence-corrected chi connectivity index (χ4v) is 1.25. The molecule has 0 amide bonds. The summed E-state index contributed by atoms with van der Waals surface area (Å²) in [6.45, 7) is 0. The Morgan fingerprint density at radius 3 is 2.67 bits per heavy atom. The Kier molecular flexibility index (Phi) is 3.17. The second-order valence-corrected chi connectivity index (χ2v) is 3.21. The minimum atomic E-state index is -0.508. The maximum Gasteiger partial charge on any atom is 0.269 e. The predicted octanol–water partition coefficient (Wildman–Crippen LogP) is 1.46. The largest absolute Gasteiger partial charge is 0.373 e. The highest BCUT2D eigenvalue weighted by molar-refractivity contribution is 5.75. The number of hydrogen-bond donors (Lipinski definition) is 0. The summed E-state index contributed by atoms with van der Waals surface area (Å²) in [5.74, 6) is 1.93. The Balaban J connectivity index is 2.14. The van der Waals surface area contributed by atoms with Crippen LogP contribution in [-0.4, -0.2) is 22.1 Å². The molecule has 90 valence electrons. The van der Waals surface area contributed by atoms with Gasteiger partial charge in [-0.05, 0) is 18.2 Å². The summed E-state index contributed by atoms with van der Waals surface area (Å²) in [6, 6.07) is 5.45. The first-order chi connectivity index (χ1) is 8.70. The summed E-state index contributed by atoms with van der Waals surface area (Å²) in [6.07, 6.45) is 4.48. The van der Waals surface area contributed by atoms with Gasteiger partial charge in [-0.25, -0.2) is 9.79 Å². The topological polar surface area (TPSA) is 85.0 Å². The van der Waals surface area contributed by atoms with E-state index in [-0.39, 0.29) is 11.5 Å². The quantitative estimate of drug-likeness (QED) is 0.457. The summed E-state index contributed by atoms with van der Waals surface area (Å²) in [5.41, 5.74) is -0.0410. The van der Waals surface area contributed by atoms with Crippen molar-refractivity contribution in [3.8, 4) is 5.75 Å². The third kappa shape index (κ3) is 2.42. The lowest BCUT2D eigenvalue weighted by Crippen LogP contribution is -2.22. The Morgan fingerprint density at radius 2 is 2.06 bits per heavy atom. The SMILES string of the molecule is O=C=C1N=CC=CN1Oc1ccc([N+](=O)[O-])cc1. The molecule has 2 rings (SSSR count). The molecule has 0 atom stereocenters. The molecule has 0 unspecified atom stereocenters. The molecule has 0 aliphatic carbocycles. The highest BCUT2D eigenvalue weighted by atomic mass is 16.7. The monoisotopic (exact) mass is 245 g/mol. The van der Waals surface area contributed by atoms with Crippen molar-refractivity contribution in [2.24, 2.45) is 4.99 Å². The molecular weight excluding hydrogens is 238 g/mol. The zero-order valence-electron chi connectivity index (χ0n) is 9.02. The Hall–Kier alpha value is -2.92. The van der Waals surface area contributed by atoms with Gasteiger partial charge in [0.05, 0.1) is 4.92 Å². The maximum atomic E-state index is 10.6. The number of rotatable bonds is 3. The molecule has 1 aliphatic rings. The molecule has 0 saturated heterocycles. The zero-order chi connectivity index (χ0) is 13.0. The van der Waals surface area contributed by atoms with Crippen LogP contribution in [0.1, 0.15) is 0 Å². The third-order valence-corrected chi connectivity index (χ3v) is 2.06. The van der Waals surface area contributed by atoms with E-state index in [1.807, 2.05) is 0 Å².